The maximum absolute atomic E-state index is 13.7. The summed E-state index contributed by atoms with van der Waals surface area (Å²) in [5.41, 5.74) is -2.13. The van der Waals surface area contributed by atoms with Crippen LogP contribution in [0.15, 0.2) is 11.6 Å². The summed E-state index contributed by atoms with van der Waals surface area (Å²) in [5, 5.41) is 23.4. The Labute approximate surface area is 240 Å². The summed E-state index contributed by atoms with van der Waals surface area (Å²) in [6.07, 6.45) is 4.66. The smallest absolute Gasteiger partial charge is 0.326 e. The SMILES string of the molecule is CC(C)C[C@H](NC(=O)CCC(=O)OCC(=O)[C@@]1(O)CC[C@@H]2[C@H]3CCC4=CC(=O)CC[C@]4(C)[C@@H]3C(=O)C[C@@]21C)C(=O)O. The van der Waals surface area contributed by atoms with Gasteiger partial charge in [-0.25, -0.2) is 4.79 Å². The molecule has 3 fully saturated rings. The predicted molar refractivity (Wildman–Crippen MR) is 146 cm³/mol. The first-order valence-corrected chi connectivity index (χ1v) is 14.8. The lowest BCUT2D eigenvalue weighted by Crippen LogP contribution is -2.61. The van der Waals surface area contributed by atoms with E-state index in [-0.39, 0.29) is 72.8 Å². The average Bonchev–Trinajstić information content (AvgIpc) is 3.16. The van der Waals surface area contributed by atoms with Crippen molar-refractivity contribution in [1.29, 1.82) is 0 Å². The summed E-state index contributed by atoms with van der Waals surface area (Å²) in [6, 6.07) is -1.06. The van der Waals surface area contributed by atoms with Crippen molar-refractivity contribution in [2.75, 3.05) is 6.61 Å². The van der Waals surface area contributed by atoms with Gasteiger partial charge in [-0.15, -0.1) is 0 Å². The molecule has 7 atom stereocenters. The van der Waals surface area contributed by atoms with E-state index in [1.54, 1.807) is 13.0 Å². The summed E-state index contributed by atoms with van der Waals surface area (Å²) in [4.78, 5) is 75.0. The van der Waals surface area contributed by atoms with Gasteiger partial charge < -0.3 is 20.3 Å². The van der Waals surface area contributed by atoms with E-state index in [0.717, 1.165) is 18.4 Å². The number of ether oxygens (including phenoxy) is 1. The molecule has 0 unspecified atom stereocenters. The number of nitrogens with one attached hydrogen (secondary N) is 1. The van der Waals surface area contributed by atoms with Gasteiger partial charge in [0.2, 0.25) is 11.7 Å². The highest BCUT2D eigenvalue weighted by atomic mass is 16.5. The summed E-state index contributed by atoms with van der Waals surface area (Å²) >= 11 is 0. The molecule has 0 heterocycles. The van der Waals surface area contributed by atoms with Crippen molar-refractivity contribution in [3.05, 3.63) is 11.6 Å². The zero-order chi connectivity index (χ0) is 30.3. The molecule has 0 aromatic rings. The molecule has 0 aromatic heterocycles. The van der Waals surface area contributed by atoms with Crippen molar-refractivity contribution in [2.45, 2.75) is 104 Å². The quantitative estimate of drug-likeness (QED) is 0.333. The summed E-state index contributed by atoms with van der Waals surface area (Å²) < 4.78 is 5.13. The van der Waals surface area contributed by atoms with Crippen LogP contribution in [0.25, 0.3) is 0 Å². The van der Waals surface area contributed by atoms with Gasteiger partial charge in [0, 0.05) is 30.6 Å². The second kappa shape index (κ2) is 11.4. The number of allylic oxidation sites excluding steroid dienone is 1. The monoisotopic (exact) mass is 573 g/mol. The first-order valence-electron chi connectivity index (χ1n) is 14.8. The zero-order valence-corrected chi connectivity index (χ0v) is 24.5. The fourth-order valence-corrected chi connectivity index (χ4v) is 8.36. The van der Waals surface area contributed by atoms with E-state index in [2.05, 4.69) is 12.2 Å². The molecule has 10 heteroatoms. The van der Waals surface area contributed by atoms with Gasteiger partial charge in [-0.3, -0.25) is 24.0 Å². The van der Waals surface area contributed by atoms with E-state index in [4.69, 9.17) is 4.74 Å². The molecule has 0 spiro atoms. The molecule has 0 bridgehead atoms. The molecule has 10 nitrogen and oxygen atoms in total. The third kappa shape index (κ3) is 5.64. The van der Waals surface area contributed by atoms with Crippen molar-refractivity contribution < 1.29 is 43.7 Å². The molecular weight excluding hydrogens is 530 g/mol. The topological polar surface area (TPSA) is 164 Å². The maximum Gasteiger partial charge on any atom is 0.326 e. The molecule has 41 heavy (non-hydrogen) atoms. The van der Waals surface area contributed by atoms with Crippen molar-refractivity contribution in [2.24, 2.45) is 34.5 Å². The van der Waals surface area contributed by atoms with Crippen molar-refractivity contribution in [3.8, 4) is 0 Å². The van der Waals surface area contributed by atoms with E-state index in [1.807, 2.05) is 13.8 Å². The van der Waals surface area contributed by atoms with Crippen LogP contribution >= 0.6 is 0 Å². The number of carbonyl (C=O) groups is 6. The molecule has 0 radical (unpaired) electrons. The zero-order valence-electron chi connectivity index (χ0n) is 24.5. The Balaban J connectivity index is 1.36. The van der Waals surface area contributed by atoms with Crippen LogP contribution in [0.5, 0.6) is 0 Å². The largest absolute Gasteiger partial charge is 0.480 e. The lowest BCUT2D eigenvalue weighted by Gasteiger charge is -2.57. The van der Waals surface area contributed by atoms with Gasteiger partial charge in [0.1, 0.15) is 17.4 Å². The van der Waals surface area contributed by atoms with Crippen LogP contribution in [-0.2, 0) is 33.5 Å². The minimum atomic E-state index is -1.82. The summed E-state index contributed by atoms with van der Waals surface area (Å²) in [5.74, 6) is -3.34. The molecule has 3 N–H and O–H groups in total. The molecule has 226 valence electrons. The highest BCUT2D eigenvalue weighted by Gasteiger charge is 2.68. The van der Waals surface area contributed by atoms with Gasteiger partial charge in [0.15, 0.2) is 12.4 Å². The van der Waals surface area contributed by atoms with Crippen LogP contribution in [0.3, 0.4) is 0 Å². The van der Waals surface area contributed by atoms with Gasteiger partial charge >= 0.3 is 11.9 Å². The Hall–Kier alpha value is -2.88. The minimum Gasteiger partial charge on any atom is -0.480 e. The Kier molecular flexibility index (Phi) is 8.65. The number of rotatable bonds is 10. The van der Waals surface area contributed by atoms with Crippen LogP contribution in [-0.4, -0.2) is 63.7 Å². The van der Waals surface area contributed by atoms with Gasteiger partial charge in [-0.05, 0) is 67.8 Å². The van der Waals surface area contributed by atoms with E-state index in [9.17, 15) is 39.0 Å². The molecule has 0 aliphatic heterocycles. The molecule has 0 aromatic carbocycles. The van der Waals surface area contributed by atoms with Crippen LogP contribution < -0.4 is 5.32 Å². The maximum atomic E-state index is 13.7. The Morgan fingerprint density at radius 1 is 1.07 bits per heavy atom. The van der Waals surface area contributed by atoms with Gasteiger partial charge in [-0.2, -0.15) is 0 Å². The number of carbonyl (C=O) groups excluding carboxylic acids is 5. The average molecular weight is 574 g/mol. The lowest BCUT2D eigenvalue weighted by molar-refractivity contribution is -0.173. The van der Waals surface area contributed by atoms with Gasteiger partial charge in [-0.1, -0.05) is 33.3 Å². The van der Waals surface area contributed by atoms with E-state index in [0.29, 0.717) is 19.3 Å². The number of esters is 1. The molecule has 4 rings (SSSR count). The number of amides is 1. The number of ketones is 3. The number of fused-ring (bicyclic) bond motifs is 5. The molecule has 4 aliphatic carbocycles. The highest BCUT2D eigenvalue weighted by molar-refractivity contribution is 5.95. The number of carboxylic acids is 1. The third-order valence-corrected chi connectivity index (χ3v) is 10.5. The third-order valence-electron chi connectivity index (χ3n) is 10.5. The van der Waals surface area contributed by atoms with Crippen LogP contribution in [0.2, 0.25) is 0 Å². The Morgan fingerprint density at radius 2 is 1.78 bits per heavy atom. The number of Topliss-reactive ketones (excluding diaryl/α,β-unsaturated/α-hetero) is 2. The summed E-state index contributed by atoms with van der Waals surface area (Å²) in [6.45, 7) is 6.89. The van der Waals surface area contributed by atoms with Crippen LogP contribution in [0.1, 0.15) is 91.9 Å². The van der Waals surface area contributed by atoms with Crippen molar-refractivity contribution in [1.82, 2.24) is 5.32 Å². The fraction of sp³-hybridized carbons (Fsp3) is 0.742. The standard InChI is InChI=1S/C31H43NO9/c1-17(2)13-22(28(38)39)32-25(36)7-8-26(37)41-16-24(35)31(40)12-10-21-20-6-5-18-14-19(33)9-11-29(18,3)27(20)23(34)15-30(21,31)4/h14,17,20-22,27,40H,5-13,15-16H2,1-4H3,(H,32,36)(H,38,39)/t20-,21-,22+,27+,29+,30+,31+/m1/s1. The molecule has 3 saturated carbocycles. The predicted octanol–water partition coefficient (Wildman–Crippen LogP) is 2.94. The highest BCUT2D eigenvalue weighted by Crippen LogP contribution is 2.66. The molecule has 0 saturated heterocycles. The first-order chi connectivity index (χ1) is 19.1. The fourth-order valence-electron chi connectivity index (χ4n) is 8.36. The molecular formula is C31H43NO9. The number of carboxylic acid groups (broad SMARTS) is 1. The van der Waals surface area contributed by atoms with Crippen molar-refractivity contribution in [3.63, 3.8) is 0 Å². The first kappa shape index (κ1) is 31.1. The van der Waals surface area contributed by atoms with Crippen LogP contribution in [0.4, 0.5) is 0 Å². The second-order valence-corrected chi connectivity index (χ2v) is 13.5. The normalized spacial score (nSPS) is 35.1. The molecule has 1 amide bonds. The van der Waals surface area contributed by atoms with E-state index in [1.165, 1.54) is 0 Å². The van der Waals surface area contributed by atoms with Gasteiger partial charge in [0.25, 0.3) is 0 Å². The number of hydrogen-bond donors (Lipinski definition) is 3. The number of aliphatic carboxylic acids is 1. The Bertz CT molecular complexity index is 1170. The number of aliphatic hydroxyl groups is 1. The molecule has 4 aliphatic rings. The van der Waals surface area contributed by atoms with E-state index >= 15 is 0 Å². The Morgan fingerprint density at radius 3 is 2.44 bits per heavy atom. The minimum absolute atomic E-state index is 0.00446. The van der Waals surface area contributed by atoms with Crippen LogP contribution in [0, 0.1) is 34.5 Å². The van der Waals surface area contributed by atoms with Gasteiger partial charge in [0.05, 0.1) is 6.42 Å². The summed E-state index contributed by atoms with van der Waals surface area (Å²) in [7, 11) is 0. The van der Waals surface area contributed by atoms with Crippen molar-refractivity contribution >= 4 is 35.2 Å². The van der Waals surface area contributed by atoms with E-state index < -0.39 is 47.3 Å². The second-order valence-electron chi connectivity index (χ2n) is 13.5. The lowest BCUT2D eigenvalue weighted by atomic mass is 9.46. The number of hydrogen-bond acceptors (Lipinski definition) is 8.